The highest BCUT2D eigenvalue weighted by Gasteiger charge is 2.27. The number of para-hydroxylation sites is 1. The minimum atomic E-state index is -3.84. The zero-order valence-corrected chi connectivity index (χ0v) is 15.6. The van der Waals surface area contributed by atoms with Gasteiger partial charge in [-0.2, -0.15) is 8.42 Å². The molecular formula is C19H15ClN4O2S. The first-order valence-corrected chi connectivity index (χ1v) is 10.00. The molecule has 0 amide bonds. The van der Waals surface area contributed by atoms with Crippen LogP contribution in [0.5, 0.6) is 0 Å². The number of hydrogen-bond donors (Lipinski definition) is 2. The maximum absolute atomic E-state index is 12.6. The highest BCUT2D eigenvalue weighted by Crippen LogP contribution is 2.39. The van der Waals surface area contributed by atoms with Crippen LogP contribution in [0.4, 0.5) is 5.69 Å². The van der Waals surface area contributed by atoms with E-state index in [9.17, 15) is 8.42 Å². The molecule has 3 aromatic rings. The number of guanidine groups is 1. The Balaban J connectivity index is 1.72. The van der Waals surface area contributed by atoms with Crippen molar-refractivity contribution >= 4 is 33.3 Å². The Kier molecular flexibility index (Phi) is 4.55. The van der Waals surface area contributed by atoms with E-state index in [2.05, 4.69) is 20.0 Å². The monoisotopic (exact) mass is 398 g/mol. The molecule has 2 aromatic carbocycles. The van der Waals surface area contributed by atoms with Gasteiger partial charge >= 0.3 is 0 Å². The first-order valence-electron chi connectivity index (χ1n) is 8.18. The molecule has 8 heteroatoms. The zero-order chi connectivity index (χ0) is 18.9. The topological polar surface area (TPSA) is 83.5 Å². The molecule has 136 valence electrons. The molecule has 2 N–H and O–H groups in total. The fraction of sp³-hybridized carbons (Fsp3) is 0.0526. The lowest BCUT2D eigenvalue weighted by atomic mass is 10.0. The minimum absolute atomic E-state index is 0.114. The Hall–Kier alpha value is -2.90. The summed E-state index contributed by atoms with van der Waals surface area (Å²) in [5.74, 6) is 0.146. The number of rotatable bonds is 3. The van der Waals surface area contributed by atoms with Crippen LogP contribution in [0.3, 0.4) is 0 Å². The van der Waals surface area contributed by atoms with Crippen LogP contribution in [0.25, 0.3) is 11.1 Å². The van der Waals surface area contributed by atoms with Gasteiger partial charge in [0.15, 0.2) is 0 Å². The molecule has 0 aliphatic carbocycles. The highest BCUT2D eigenvalue weighted by molar-refractivity contribution is 7.90. The number of aromatic nitrogens is 1. The number of pyridine rings is 1. The Morgan fingerprint density at radius 3 is 2.52 bits per heavy atom. The fourth-order valence-electron chi connectivity index (χ4n) is 2.84. The van der Waals surface area contributed by atoms with Gasteiger partial charge < -0.3 is 10.6 Å². The van der Waals surface area contributed by atoms with E-state index in [-0.39, 0.29) is 10.9 Å². The van der Waals surface area contributed by atoms with E-state index in [0.717, 1.165) is 11.3 Å². The van der Waals surface area contributed by atoms with Crippen molar-refractivity contribution in [1.29, 1.82) is 0 Å². The molecule has 6 nitrogen and oxygen atoms in total. The van der Waals surface area contributed by atoms with Crippen molar-refractivity contribution in [3.8, 4) is 11.1 Å². The number of anilines is 1. The molecule has 1 aliphatic heterocycles. The number of benzene rings is 2. The van der Waals surface area contributed by atoms with Crippen molar-refractivity contribution in [2.45, 2.75) is 11.4 Å². The molecule has 1 aromatic heterocycles. The quantitative estimate of drug-likeness (QED) is 0.703. The average molecular weight is 399 g/mol. The third-order valence-electron chi connectivity index (χ3n) is 4.09. The summed E-state index contributed by atoms with van der Waals surface area (Å²) in [6.45, 7) is 0.339. The van der Waals surface area contributed by atoms with Gasteiger partial charge in [0.25, 0.3) is 10.0 Å². The molecule has 4 rings (SSSR count). The maximum Gasteiger partial charge on any atom is 0.287 e. The molecule has 1 aliphatic rings. The van der Waals surface area contributed by atoms with Gasteiger partial charge in [0.2, 0.25) is 5.96 Å². The molecule has 0 radical (unpaired) electrons. The van der Waals surface area contributed by atoms with E-state index in [1.165, 1.54) is 6.07 Å². The predicted molar refractivity (Wildman–Crippen MR) is 106 cm³/mol. The summed E-state index contributed by atoms with van der Waals surface area (Å²) in [6, 6.07) is 17.8. The van der Waals surface area contributed by atoms with E-state index in [1.807, 2.05) is 42.5 Å². The number of nitrogens with one attached hydrogen (secondary N) is 2. The Bertz CT molecular complexity index is 1130. The van der Waals surface area contributed by atoms with E-state index in [0.29, 0.717) is 22.8 Å². The van der Waals surface area contributed by atoms with Crippen LogP contribution in [-0.4, -0.2) is 19.4 Å². The van der Waals surface area contributed by atoms with Crippen molar-refractivity contribution in [1.82, 2.24) is 10.3 Å². The van der Waals surface area contributed by atoms with Gasteiger partial charge in [-0.25, -0.2) is 0 Å². The molecule has 0 fully saturated rings. The summed E-state index contributed by atoms with van der Waals surface area (Å²) in [5, 5.41) is 6.62. The van der Waals surface area contributed by atoms with Crippen molar-refractivity contribution in [2.75, 3.05) is 5.32 Å². The number of nitrogens with zero attached hydrogens (tertiary/aromatic N) is 2. The zero-order valence-electron chi connectivity index (χ0n) is 14.1. The first kappa shape index (κ1) is 17.5. The first-order chi connectivity index (χ1) is 13.0. The van der Waals surface area contributed by atoms with Crippen LogP contribution in [0.2, 0.25) is 5.02 Å². The van der Waals surface area contributed by atoms with Crippen LogP contribution in [-0.2, 0) is 16.6 Å². The summed E-state index contributed by atoms with van der Waals surface area (Å²) >= 11 is 6.32. The Labute approximate surface area is 162 Å². The fourth-order valence-corrected chi connectivity index (χ4v) is 4.20. The summed E-state index contributed by atoms with van der Waals surface area (Å²) < 4.78 is 29.1. The van der Waals surface area contributed by atoms with Gasteiger partial charge in [0, 0.05) is 22.3 Å². The van der Waals surface area contributed by atoms with E-state index in [1.54, 1.807) is 18.3 Å². The van der Waals surface area contributed by atoms with Crippen molar-refractivity contribution in [3.05, 3.63) is 77.6 Å². The van der Waals surface area contributed by atoms with Gasteiger partial charge in [0.05, 0.1) is 17.9 Å². The van der Waals surface area contributed by atoms with Gasteiger partial charge in [-0.1, -0.05) is 48.0 Å². The number of halogens is 1. The van der Waals surface area contributed by atoms with Crippen LogP contribution in [0, 0.1) is 0 Å². The number of fused-ring (bicyclic) bond motifs is 1. The lowest BCUT2D eigenvalue weighted by molar-refractivity contribution is 0.597. The van der Waals surface area contributed by atoms with Gasteiger partial charge in [0.1, 0.15) is 4.90 Å². The number of sulfonamides is 1. The second-order valence-corrected chi connectivity index (χ2v) is 7.85. The van der Waals surface area contributed by atoms with Crippen molar-refractivity contribution in [3.63, 3.8) is 0 Å². The van der Waals surface area contributed by atoms with Gasteiger partial charge in [-0.05, 0) is 24.3 Å². The average Bonchev–Trinajstić information content (AvgIpc) is 2.67. The van der Waals surface area contributed by atoms with Crippen molar-refractivity contribution in [2.24, 2.45) is 4.40 Å². The molecule has 2 heterocycles. The Morgan fingerprint density at radius 1 is 0.963 bits per heavy atom. The molecule has 0 unspecified atom stereocenters. The van der Waals surface area contributed by atoms with Crippen LogP contribution < -0.4 is 10.6 Å². The molecule has 27 heavy (non-hydrogen) atoms. The second kappa shape index (κ2) is 7.02. The van der Waals surface area contributed by atoms with E-state index in [4.69, 9.17) is 11.6 Å². The lowest BCUT2D eigenvalue weighted by Gasteiger charge is -2.22. The maximum atomic E-state index is 12.6. The summed E-state index contributed by atoms with van der Waals surface area (Å²) in [6.07, 6.45) is 1.68. The highest BCUT2D eigenvalue weighted by atomic mass is 35.5. The molecule has 0 spiro atoms. The van der Waals surface area contributed by atoms with E-state index < -0.39 is 10.0 Å². The Morgan fingerprint density at radius 2 is 1.74 bits per heavy atom. The molecule has 0 saturated carbocycles. The number of hydrogen-bond acceptors (Lipinski definition) is 5. The SMILES string of the molecule is O=S1(=O)N=C(NCc2ccccn2)Nc2c(-c3ccccc3Cl)cccc21. The normalized spacial score (nSPS) is 14.6. The minimum Gasteiger partial charge on any atom is -0.350 e. The van der Waals surface area contributed by atoms with Crippen LogP contribution >= 0.6 is 11.6 Å². The van der Waals surface area contributed by atoms with Crippen molar-refractivity contribution < 1.29 is 8.42 Å². The lowest BCUT2D eigenvalue weighted by Crippen LogP contribution is -2.34. The molecular weight excluding hydrogens is 384 g/mol. The summed E-state index contributed by atoms with van der Waals surface area (Å²) in [7, 11) is -3.84. The van der Waals surface area contributed by atoms with Gasteiger partial charge in [-0.15, -0.1) is 4.40 Å². The van der Waals surface area contributed by atoms with Gasteiger partial charge in [-0.3, -0.25) is 4.98 Å². The largest absolute Gasteiger partial charge is 0.350 e. The molecule has 0 bridgehead atoms. The smallest absolute Gasteiger partial charge is 0.287 e. The standard InChI is InChI=1S/C19H15ClN4O2S/c20-16-9-2-1-7-14(16)15-8-5-10-17-18(15)23-19(24-27(17,25)26)22-12-13-6-3-4-11-21-13/h1-11H,12H2,(H2,22,23,24). The third-order valence-corrected chi connectivity index (χ3v) is 5.73. The summed E-state index contributed by atoms with van der Waals surface area (Å²) in [5.41, 5.74) is 2.65. The van der Waals surface area contributed by atoms with Crippen LogP contribution in [0.1, 0.15) is 5.69 Å². The molecule has 0 atom stereocenters. The predicted octanol–water partition coefficient (Wildman–Crippen LogP) is 3.66. The molecule has 0 saturated heterocycles. The third kappa shape index (κ3) is 3.51. The second-order valence-electron chi connectivity index (χ2n) is 5.87. The van der Waals surface area contributed by atoms with Crippen LogP contribution in [0.15, 0.2) is 76.2 Å². The summed E-state index contributed by atoms with van der Waals surface area (Å²) in [4.78, 5) is 4.32. The van der Waals surface area contributed by atoms with E-state index >= 15 is 0 Å².